The van der Waals surface area contributed by atoms with E-state index in [2.05, 4.69) is 0 Å². The molecular weight excluding hydrogens is 282 g/mol. The molecule has 0 aliphatic carbocycles. The molecule has 1 N–H and O–H groups in total. The van der Waals surface area contributed by atoms with Gasteiger partial charge in [0, 0.05) is 6.54 Å². The highest BCUT2D eigenvalue weighted by atomic mass is 16.5. The van der Waals surface area contributed by atoms with Crippen molar-refractivity contribution in [1.29, 1.82) is 0 Å². The number of aryl methyl sites for hydroxylation is 1. The number of carbonyl (C=O) groups excluding carboxylic acids is 1. The molecule has 0 aromatic heterocycles. The number of carbonyl (C=O) groups is 2. The molecule has 1 saturated heterocycles. The number of nitrogens with zero attached hydrogens (tertiary/aromatic N) is 1. The van der Waals surface area contributed by atoms with Gasteiger partial charge in [0.15, 0.2) is 6.10 Å². The number of aliphatic carboxylic acids is 1. The summed E-state index contributed by atoms with van der Waals surface area (Å²) in [5.74, 6) is -0.515. The van der Waals surface area contributed by atoms with Gasteiger partial charge in [-0.15, -0.1) is 0 Å². The number of likely N-dealkylation sites (tertiary alicyclic amines) is 1. The Morgan fingerprint density at radius 3 is 2.82 bits per heavy atom. The fourth-order valence-corrected chi connectivity index (χ4v) is 2.80. The van der Waals surface area contributed by atoms with Gasteiger partial charge in [0.05, 0.1) is 0 Å². The van der Waals surface area contributed by atoms with Gasteiger partial charge in [0.25, 0.3) is 5.91 Å². The zero-order valence-corrected chi connectivity index (χ0v) is 13.1. The van der Waals surface area contributed by atoms with Gasteiger partial charge in [-0.25, -0.2) is 4.79 Å². The van der Waals surface area contributed by atoms with Crippen LogP contribution < -0.4 is 4.74 Å². The third kappa shape index (κ3) is 3.78. The summed E-state index contributed by atoms with van der Waals surface area (Å²) in [5.41, 5.74) is 1.06. The summed E-state index contributed by atoms with van der Waals surface area (Å²) in [6.07, 6.45) is 2.08. The molecule has 120 valence electrons. The first-order valence-electron chi connectivity index (χ1n) is 7.79. The molecule has 0 saturated carbocycles. The van der Waals surface area contributed by atoms with E-state index in [0.29, 0.717) is 25.1 Å². The molecule has 2 rings (SSSR count). The second kappa shape index (κ2) is 7.29. The normalized spacial score (nSPS) is 19.5. The molecule has 0 spiro atoms. The first-order valence-corrected chi connectivity index (χ1v) is 7.79. The van der Waals surface area contributed by atoms with Crippen LogP contribution in [-0.4, -0.2) is 40.6 Å². The minimum atomic E-state index is -0.932. The lowest BCUT2D eigenvalue weighted by atomic mass is 10.0. The molecule has 1 fully saturated rings. The quantitative estimate of drug-likeness (QED) is 0.908. The van der Waals surface area contributed by atoms with Crippen molar-refractivity contribution in [2.45, 2.75) is 51.7 Å². The van der Waals surface area contributed by atoms with E-state index in [1.165, 1.54) is 4.90 Å². The Balaban J connectivity index is 2.12. The standard InChI is InChI=1S/C17H23NO4/c1-3-15(22-13-8-6-7-12(2)11-13)16(19)18-10-5-4-9-14(18)17(20)21/h6-8,11,14-15H,3-5,9-10H2,1-2H3,(H,20,21). The largest absolute Gasteiger partial charge is 0.481 e. The summed E-state index contributed by atoms with van der Waals surface area (Å²) >= 11 is 0. The monoisotopic (exact) mass is 305 g/mol. The molecule has 5 heteroatoms. The Kier molecular flexibility index (Phi) is 5.41. The molecule has 1 aliphatic rings. The summed E-state index contributed by atoms with van der Waals surface area (Å²) in [4.78, 5) is 25.5. The molecule has 2 unspecified atom stereocenters. The molecule has 1 heterocycles. The molecule has 1 aromatic rings. The van der Waals surface area contributed by atoms with Crippen molar-refractivity contribution in [2.24, 2.45) is 0 Å². The van der Waals surface area contributed by atoms with Crippen LogP contribution in [-0.2, 0) is 9.59 Å². The molecule has 1 aromatic carbocycles. The number of rotatable bonds is 5. The molecule has 0 bridgehead atoms. The van der Waals surface area contributed by atoms with Gasteiger partial charge in [-0.1, -0.05) is 19.1 Å². The Hall–Kier alpha value is -2.04. The van der Waals surface area contributed by atoms with Crippen LogP contribution in [0.5, 0.6) is 5.75 Å². The molecule has 1 amide bonds. The predicted molar refractivity (Wildman–Crippen MR) is 82.9 cm³/mol. The molecule has 22 heavy (non-hydrogen) atoms. The smallest absolute Gasteiger partial charge is 0.326 e. The SMILES string of the molecule is CCC(Oc1cccc(C)c1)C(=O)N1CCCCC1C(=O)O. The van der Waals surface area contributed by atoms with Crippen molar-refractivity contribution in [3.8, 4) is 5.75 Å². The third-order valence-corrected chi connectivity index (χ3v) is 3.99. The van der Waals surface area contributed by atoms with Crippen LogP contribution in [0.15, 0.2) is 24.3 Å². The number of piperidine rings is 1. The van der Waals surface area contributed by atoms with Crippen LogP contribution in [0.3, 0.4) is 0 Å². The average molecular weight is 305 g/mol. The number of amides is 1. The van der Waals surface area contributed by atoms with Crippen LogP contribution in [0.1, 0.15) is 38.2 Å². The third-order valence-electron chi connectivity index (χ3n) is 3.99. The van der Waals surface area contributed by atoms with Gasteiger partial charge < -0.3 is 14.7 Å². The maximum absolute atomic E-state index is 12.7. The lowest BCUT2D eigenvalue weighted by Crippen LogP contribution is -2.52. The van der Waals surface area contributed by atoms with Gasteiger partial charge in [0.1, 0.15) is 11.8 Å². The van der Waals surface area contributed by atoms with Crippen LogP contribution in [0.25, 0.3) is 0 Å². The van der Waals surface area contributed by atoms with Crippen molar-refractivity contribution in [3.05, 3.63) is 29.8 Å². The van der Waals surface area contributed by atoms with Crippen molar-refractivity contribution >= 4 is 11.9 Å². The number of carboxylic acids is 1. The van der Waals surface area contributed by atoms with Crippen molar-refractivity contribution in [1.82, 2.24) is 4.90 Å². The minimum Gasteiger partial charge on any atom is -0.481 e. The van der Waals surface area contributed by atoms with Crippen molar-refractivity contribution in [2.75, 3.05) is 6.54 Å². The number of carboxylic acid groups (broad SMARTS) is 1. The summed E-state index contributed by atoms with van der Waals surface area (Å²) < 4.78 is 5.80. The summed E-state index contributed by atoms with van der Waals surface area (Å²) in [7, 11) is 0. The van der Waals surface area contributed by atoms with Crippen molar-refractivity contribution < 1.29 is 19.4 Å². The summed E-state index contributed by atoms with van der Waals surface area (Å²) in [5, 5.41) is 9.30. The van der Waals surface area contributed by atoms with E-state index in [4.69, 9.17) is 4.74 Å². The first-order chi connectivity index (χ1) is 10.5. The van der Waals surface area contributed by atoms with Crippen LogP contribution >= 0.6 is 0 Å². The van der Waals surface area contributed by atoms with E-state index in [0.717, 1.165) is 18.4 Å². The lowest BCUT2D eigenvalue weighted by Gasteiger charge is -2.35. The summed E-state index contributed by atoms with van der Waals surface area (Å²) in [6, 6.07) is 6.80. The number of hydrogen-bond donors (Lipinski definition) is 1. The van der Waals surface area contributed by atoms with Gasteiger partial charge >= 0.3 is 5.97 Å². The van der Waals surface area contributed by atoms with E-state index < -0.39 is 18.1 Å². The minimum absolute atomic E-state index is 0.226. The molecule has 5 nitrogen and oxygen atoms in total. The topological polar surface area (TPSA) is 66.8 Å². The second-order valence-corrected chi connectivity index (χ2v) is 5.71. The summed E-state index contributed by atoms with van der Waals surface area (Å²) in [6.45, 7) is 4.32. The predicted octanol–water partition coefficient (Wildman–Crippen LogP) is 2.62. The fraction of sp³-hybridized carbons (Fsp3) is 0.529. The lowest BCUT2D eigenvalue weighted by molar-refractivity contribution is -0.155. The highest BCUT2D eigenvalue weighted by Crippen LogP contribution is 2.21. The van der Waals surface area contributed by atoms with Gasteiger partial charge in [-0.05, 0) is 50.3 Å². The molecule has 1 aliphatic heterocycles. The maximum Gasteiger partial charge on any atom is 0.326 e. The second-order valence-electron chi connectivity index (χ2n) is 5.71. The van der Waals surface area contributed by atoms with Gasteiger partial charge in [0.2, 0.25) is 0 Å². The van der Waals surface area contributed by atoms with E-state index in [1.807, 2.05) is 38.1 Å². The Morgan fingerprint density at radius 2 is 2.18 bits per heavy atom. The van der Waals surface area contributed by atoms with E-state index in [9.17, 15) is 14.7 Å². The zero-order valence-electron chi connectivity index (χ0n) is 13.1. The zero-order chi connectivity index (χ0) is 16.1. The molecular formula is C17H23NO4. The maximum atomic E-state index is 12.7. The Bertz CT molecular complexity index is 543. The number of benzene rings is 1. The van der Waals surface area contributed by atoms with E-state index in [-0.39, 0.29) is 5.91 Å². The average Bonchev–Trinajstić information content (AvgIpc) is 2.52. The highest BCUT2D eigenvalue weighted by Gasteiger charge is 2.35. The van der Waals surface area contributed by atoms with Gasteiger partial charge in [-0.3, -0.25) is 4.79 Å². The van der Waals surface area contributed by atoms with Crippen molar-refractivity contribution in [3.63, 3.8) is 0 Å². The number of ether oxygens (including phenoxy) is 1. The van der Waals surface area contributed by atoms with Crippen LogP contribution in [0.2, 0.25) is 0 Å². The van der Waals surface area contributed by atoms with Crippen LogP contribution in [0.4, 0.5) is 0 Å². The molecule has 0 radical (unpaired) electrons. The highest BCUT2D eigenvalue weighted by molar-refractivity contribution is 5.86. The van der Waals surface area contributed by atoms with E-state index in [1.54, 1.807) is 0 Å². The van der Waals surface area contributed by atoms with Crippen LogP contribution in [0, 0.1) is 6.92 Å². The number of hydrogen-bond acceptors (Lipinski definition) is 3. The Labute approximate surface area is 130 Å². The fourth-order valence-electron chi connectivity index (χ4n) is 2.80. The first kappa shape index (κ1) is 16.3. The van der Waals surface area contributed by atoms with Gasteiger partial charge in [-0.2, -0.15) is 0 Å². The van der Waals surface area contributed by atoms with E-state index >= 15 is 0 Å². The Morgan fingerprint density at radius 1 is 1.41 bits per heavy atom. The molecule has 2 atom stereocenters.